The zero-order valence-electron chi connectivity index (χ0n) is 11.4. The summed E-state index contributed by atoms with van der Waals surface area (Å²) in [6, 6.07) is 4.14. The molecule has 0 atom stereocenters. The Hall–Kier alpha value is -2.72. The molecule has 1 aromatic heterocycles. The Bertz CT molecular complexity index is 687. The number of rotatable bonds is 3. The number of benzene rings is 1. The molecular weight excluding hydrogens is 273 g/mol. The van der Waals surface area contributed by atoms with E-state index in [2.05, 4.69) is 27.0 Å². The standard InChI is InChI=1S/C14H14FN5O/c1-20(8-13-17-9-18-19-13)14(21)11-7-10(3-2-6-16)4-5-12(11)15/h4-5,7,9H,6,8,16H2,1H3,(H,17,18,19). The number of halogens is 1. The number of nitrogens with two attached hydrogens (primary N) is 1. The topological polar surface area (TPSA) is 87.9 Å². The number of amides is 1. The van der Waals surface area contributed by atoms with Crippen LogP contribution in [0.5, 0.6) is 0 Å². The van der Waals surface area contributed by atoms with Crippen LogP contribution < -0.4 is 5.73 Å². The lowest BCUT2D eigenvalue weighted by molar-refractivity contribution is 0.0777. The van der Waals surface area contributed by atoms with Crippen molar-refractivity contribution in [3.63, 3.8) is 0 Å². The normalized spacial score (nSPS) is 9.86. The Balaban J connectivity index is 2.21. The molecule has 0 unspecified atom stereocenters. The number of carbonyl (C=O) groups is 1. The van der Waals surface area contributed by atoms with Crippen LogP contribution in [-0.4, -0.2) is 39.6 Å². The summed E-state index contributed by atoms with van der Waals surface area (Å²) < 4.78 is 13.8. The number of aromatic amines is 1. The van der Waals surface area contributed by atoms with Gasteiger partial charge in [0.2, 0.25) is 0 Å². The van der Waals surface area contributed by atoms with Gasteiger partial charge in [0, 0.05) is 12.6 Å². The van der Waals surface area contributed by atoms with Crippen molar-refractivity contribution in [3.05, 3.63) is 47.3 Å². The number of H-pyrrole nitrogens is 1. The van der Waals surface area contributed by atoms with E-state index in [0.29, 0.717) is 11.4 Å². The van der Waals surface area contributed by atoms with Gasteiger partial charge < -0.3 is 10.6 Å². The molecule has 0 spiro atoms. The lowest BCUT2D eigenvalue weighted by Crippen LogP contribution is -2.27. The fraction of sp³-hybridized carbons (Fsp3) is 0.214. The van der Waals surface area contributed by atoms with Gasteiger partial charge >= 0.3 is 0 Å². The summed E-state index contributed by atoms with van der Waals surface area (Å²) in [4.78, 5) is 17.5. The molecule has 2 rings (SSSR count). The molecule has 0 aliphatic heterocycles. The number of aromatic nitrogens is 3. The first-order valence-corrected chi connectivity index (χ1v) is 6.20. The number of nitrogens with one attached hydrogen (secondary N) is 1. The van der Waals surface area contributed by atoms with Gasteiger partial charge in [-0.25, -0.2) is 9.37 Å². The maximum atomic E-state index is 13.8. The second kappa shape index (κ2) is 6.63. The fourth-order valence-electron chi connectivity index (χ4n) is 1.73. The molecule has 1 amide bonds. The minimum atomic E-state index is -0.595. The van der Waals surface area contributed by atoms with E-state index in [1.165, 1.54) is 29.4 Å². The molecule has 21 heavy (non-hydrogen) atoms. The summed E-state index contributed by atoms with van der Waals surface area (Å²) in [5, 5.41) is 6.34. The van der Waals surface area contributed by atoms with Crippen molar-refractivity contribution in [2.75, 3.05) is 13.6 Å². The SMILES string of the molecule is CN(Cc1ncn[nH]1)C(=O)c1cc(C#CCN)ccc1F. The third-order valence-electron chi connectivity index (χ3n) is 2.73. The minimum Gasteiger partial charge on any atom is -0.334 e. The van der Waals surface area contributed by atoms with Gasteiger partial charge in [-0.3, -0.25) is 9.89 Å². The summed E-state index contributed by atoms with van der Waals surface area (Å²) >= 11 is 0. The average Bonchev–Trinajstić information content (AvgIpc) is 2.98. The van der Waals surface area contributed by atoms with Crippen LogP contribution >= 0.6 is 0 Å². The Morgan fingerprint density at radius 3 is 3.00 bits per heavy atom. The van der Waals surface area contributed by atoms with E-state index in [4.69, 9.17) is 5.73 Å². The van der Waals surface area contributed by atoms with Crippen LogP contribution in [0.25, 0.3) is 0 Å². The predicted molar refractivity (Wildman–Crippen MR) is 74.5 cm³/mol. The molecular formula is C14H14FN5O. The van der Waals surface area contributed by atoms with Crippen LogP contribution in [0, 0.1) is 17.7 Å². The van der Waals surface area contributed by atoms with Crippen LogP contribution in [0.3, 0.4) is 0 Å². The molecule has 7 heteroatoms. The molecule has 0 saturated heterocycles. The molecule has 0 aliphatic rings. The molecule has 0 aliphatic carbocycles. The highest BCUT2D eigenvalue weighted by Crippen LogP contribution is 2.13. The molecule has 108 valence electrons. The van der Waals surface area contributed by atoms with Crippen molar-refractivity contribution >= 4 is 5.91 Å². The van der Waals surface area contributed by atoms with E-state index in [1.54, 1.807) is 7.05 Å². The van der Waals surface area contributed by atoms with Gasteiger partial charge in [0.1, 0.15) is 18.0 Å². The third-order valence-corrected chi connectivity index (χ3v) is 2.73. The lowest BCUT2D eigenvalue weighted by Gasteiger charge is -2.16. The molecule has 2 aromatic rings. The van der Waals surface area contributed by atoms with E-state index in [1.807, 2.05) is 0 Å². The second-order valence-electron chi connectivity index (χ2n) is 4.29. The van der Waals surface area contributed by atoms with Crippen molar-refractivity contribution in [1.82, 2.24) is 20.1 Å². The Morgan fingerprint density at radius 1 is 1.52 bits per heavy atom. The number of carbonyl (C=O) groups excluding carboxylic acids is 1. The van der Waals surface area contributed by atoms with Crippen LogP contribution in [-0.2, 0) is 6.54 Å². The second-order valence-corrected chi connectivity index (χ2v) is 4.29. The number of hydrogen-bond acceptors (Lipinski definition) is 4. The van der Waals surface area contributed by atoms with Crippen molar-refractivity contribution in [2.24, 2.45) is 5.73 Å². The Morgan fingerprint density at radius 2 is 2.33 bits per heavy atom. The fourth-order valence-corrected chi connectivity index (χ4v) is 1.73. The first kappa shape index (κ1) is 14.7. The van der Waals surface area contributed by atoms with Gasteiger partial charge in [-0.05, 0) is 18.2 Å². The zero-order chi connectivity index (χ0) is 15.2. The molecule has 0 saturated carbocycles. The highest BCUT2D eigenvalue weighted by atomic mass is 19.1. The van der Waals surface area contributed by atoms with Gasteiger partial charge in [0.05, 0.1) is 18.7 Å². The lowest BCUT2D eigenvalue weighted by atomic mass is 10.1. The van der Waals surface area contributed by atoms with Crippen LogP contribution in [0.1, 0.15) is 21.7 Å². The summed E-state index contributed by atoms with van der Waals surface area (Å²) in [5.74, 6) is 4.90. The van der Waals surface area contributed by atoms with Crippen molar-refractivity contribution in [3.8, 4) is 11.8 Å². The molecule has 0 radical (unpaired) electrons. The highest BCUT2D eigenvalue weighted by molar-refractivity contribution is 5.94. The number of nitrogens with zero attached hydrogens (tertiary/aromatic N) is 3. The molecule has 3 N–H and O–H groups in total. The average molecular weight is 287 g/mol. The Kier molecular flexibility index (Phi) is 4.64. The smallest absolute Gasteiger partial charge is 0.257 e. The molecule has 1 aromatic carbocycles. The van der Waals surface area contributed by atoms with Crippen molar-refractivity contribution in [1.29, 1.82) is 0 Å². The molecule has 1 heterocycles. The van der Waals surface area contributed by atoms with Crippen LogP contribution in [0.4, 0.5) is 4.39 Å². The van der Waals surface area contributed by atoms with Gasteiger partial charge in [0.15, 0.2) is 0 Å². The summed E-state index contributed by atoms with van der Waals surface area (Å²) in [5.41, 5.74) is 5.79. The van der Waals surface area contributed by atoms with Crippen LogP contribution in [0.15, 0.2) is 24.5 Å². The Labute approximate surface area is 121 Å². The highest BCUT2D eigenvalue weighted by Gasteiger charge is 2.17. The van der Waals surface area contributed by atoms with E-state index in [9.17, 15) is 9.18 Å². The minimum absolute atomic E-state index is 0.0409. The van der Waals surface area contributed by atoms with Crippen molar-refractivity contribution in [2.45, 2.75) is 6.54 Å². The van der Waals surface area contributed by atoms with E-state index >= 15 is 0 Å². The van der Waals surface area contributed by atoms with Crippen LogP contribution in [0.2, 0.25) is 0 Å². The first-order valence-electron chi connectivity index (χ1n) is 6.20. The van der Waals surface area contributed by atoms with Gasteiger partial charge in [-0.1, -0.05) is 11.8 Å². The quantitative estimate of drug-likeness (QED) is 0.806. The maximum absolute atomic E-state index is 13.8. The maximum Gasteiger partial charge on any atom is 0.257 e. The van der Waals surface area contributed by atoms with E-state index in [-0.39, 0.29) is 18.7 Å². The molecule has 0 fully saturated rings. The van der Waals surface area contributed by atoms with Gasteiger partial charge in [-0.2, -0.15) is 5.10 Å². The zero-order valence-corrected chi connectivity index (χ0v) is 11.4. The van der Waals surface area contributed by atoms with Gasteiger partial charge in [-0.15, -0.1) is 0 Å². The monoisotopic (exact) mass is 287 g/mol. The van der Waals surface area contributed by atoms with Crippen molar-refractivity contribution < 1.29 is 9.18 Å². The number of hydrogen-bond donors (Lipinski definition) is 2. The predicted octanol–water partition coefficient (Wildman–Crippen LogP) is 0.526. The largest absolute Gasteiger partial charge is 0.334 e. The van der Waals surface area contributed by atoms with E-state index in [0.717, 1.165) is 0 Å². The summed E-state index contributed by atoms with van der Waals surface area (Å²) in [6.45, 7) is 0.406. The van der Waals surface area contributed by atoms with E-state index < -0.39 is 11.7 Å². The first-order chi connectivity index (χ1) is 10.1. The molecule has 0 bridgehead atoms. The third kappa shape index (κ3) is 3.64. The van der Waals surface area contributed by atoms with Gasteiger partial charge in [0.25, 0.3) is 5.91 Å². The summed E-state index contributed by atoms with van der Waals surface area (Å²) in [6.07, 6.45) is 1.34. The molecule has 6 nitrogen and oxygen atoms in total. The summed E-state index contributed by atoms with van der Waals surface area (Å²) in [7, 11) is 1.56.